The molecule has 0 aliphatic carbocycles. The zero-order chi connectivity index (χ0) is 19.3. The number of hydrogen-bond donors (Lipinski definition) is 2. The van der Waals surface area contributed by atoms with Crippen LogP contribution in [0.4, 0.5) is 5.69 Å². The maximum absolute atomic E-state index is 12.2. The maximum atomic E-state index is 12.2. The lowest BCUT2D eigenvalue weighted by molar-refractivity contribution is 0.449. The van der Waals surface area contributed by atoms with Gasteiger partial charge >= 0.3 is 0 Å². The number of unbranched alkanes of at least 4 members (excludes halogenated alkanes) is 7. The van der Waals surface area contributed by atoms with Crippen molar-refractivity contribution >= 4 is 15.7 Å². The lowest BCUT2D eigenvalue weighted by atomic mass is 9.98. The third-order valence-corrected chi connectivity index (χ3v) is 6.24. The molecule has 0 spiro atoms. The Kier molecular flexibility index (Phi) is 11.6. The zero-order valence-electron chi connectivity index (χ0n) is 16.6. The predicted molar refractivity (Wildman–Crippen MR) is 113 cm³/mol. The topological polar surface area (TPSA) is 72.2 Å². The monoisotopic (exact) mass is 382 g/mol. The van der Waals surface area contributed by atoms with Gasteiger partial charge in [-0.2, -0.15) is 0 Å². The van der Waals surface area contributed by atoms with E-state index in [-0.39, 0.29) is 17.7 Å². The van der Waals surface area contributed by atoms with E-state index >= 15 is 0 Å². The minimum absolute atomic E-state index is 0.0558. The highest BCUT2D eigenvalue weighted by atomic mass is 32.2. The minimum Gasteiger partial charge on any atom is -0.328 e. The van der Waals surface area contributed by atoms with Gasteiger partial charge in [0.15, 0.2) is 0 Å². The van der Waals surface area contributed by atoms with Crippen molar-refractivity contribution in [2.45, 2.75) is 84.1 Å². The van der Waals surface area contributed by atoms with Gasteiger partial charge in [-0.25, -0.2) is 8.42 Å². The predicted octanol–water partition coefficient (Wildman–Crippen LogP) is 5.31. The molecule has 0 saturated carbocycles. The molecule has 26 heavy (non-hydrogen) atoms. The first-order valence-electron chi connectivity index (χ1n) is 10.2. The Labute approximate surface area is 161 Å². The molecule has 0 aliphatic heterocycles. The lowest BCUT2D eigenvalue weighted by Gasteiger charge is -2.18. The lowest BCUT2D eigenvalue weighted by Crippen LogP contribution is -2.28. The summed E-state index contributed by atoms with van der Waals surface area (Å²) in [5.74, 6) is 0.174. The molecular weight excluding hydrogens is 344 g/mol. The minimum atomic E-state index is -3.33. The van der Waals surface area contributed by atoms with Crippen LogP contribution >= 0.6 is 0 Å². The van der Waals surface area contributed by atoms with E-state index in [2.05, 4.69) is 11.6 Å². The van der Waals surface area contributed by atoms with Crippen LogP contribution < -0.4 is 10.5 Å². The normalized spacial score (nSPS) is 14.1. The summed E-state index contributed by atoms with van der Waals surface area (Å²) in [4.78, 5) is 0. The van der Waals surface area contributed by atoms with Crippen molar-refractivity contribution in [2.24, 2.45) is 11.7 Å². The Balaban J connectivity index is 2.16. The number of anilines is 1. The molecule has 4 nitrogen and oxygen atoms in total. The highest BCUT2D eigenvalue weighted by Crippen LogP contribution is 2.16. The first-order valence-corrected chi connectivity index (χ1v) is 11.9. The molecule has 3 N–H and O–H groups in total. The average Bonchev–Trinajstić information content (AvgIpc) is 2.57. The van der Waals surface area contributed by atoms with Gasteiger partial charge in [-0.05, 0) is 30.9 Å². The molecule has 0 amide bonds. The van der Waals surface area contributed by atoms with Crippen LogP contribution in [0.1, 0.15) is 78.1 Å². The molecule has 0 fully saturated rings. The molecule has 0 saturated heterocycles. The van der Waals surface area contributed by atoms with Crippen LogP contribution in [0.2, 0.25) is 0 Å². The van der Waals surface area contributed by atoms with Gasteiger partial charge in [0.25, 0.3) is 0 Å². The molecule has 1 rings (SSSR count). The van der Waals surface area contributed by atoms with Gasteiger partial charge in [0, 0.05) is 11.7 Å². The number of para-hydroxylation sites is 1. The summed E-state index contributed by atoms with van der Waals surface area (Å²) in [6.45, 7) is 4.21. The van der Waals surface area contributed by atoms with Crippen LogP contribution in [0.25, 0.3) is 0 Å². The Morgan fingerprint density at radius 2 is 1.54 bits per heavy atom. The Bertz CT molecular complexity index is 561. The average molecular weight is 383 g/mol. The second kappa shape index (κ2) is 13.2. The first kappa shape index (κ1) is 23.0. The number of hydrogen-bond acceptors (Lipinski definition) is 3. The number of rotatable bonds is 15. The van der Waals surface area contributed by atoms with Gasteiger partial charge < -0.3 is 5.73 Å². The van der Waals surface area contributed by atoms with Crippen molar-refractivity contribution in [3.05, 3.63) is 30.3 Å². The van der Waals surface area contributed by atoms with E-state index < -0.39 is 10.0 Å². The van der Waals surface area contributed by atoms with Crippen molar-refractivity contribution in [2.75, 3.05) is 10.5 Å². The number of benzene rings is 1. The summed E-state index contributed by atoms with van der Waals surface area (Å²) < 4.78 is 27.1. The first-order chi connectivity index (χ1) is 12.4. The second-order valence-electron chi connectivity index (χ2n) is 7.61. The number of sulfonamides is 1. The molecule has 0 radical (unpaired) electrons. The van der Waals surface area contributed by atoms with E-state index in [9.17, 15) is 8.42 Å². The molecule has 0 bridgehead atoms. The second-order valence-corrected chi connectivity index (χ2v) is 9.38. The highest BCUT2D eigenvalue weighted by Gasteiger charge is 2.18. The summed E-state index contributed by atoms with van der Waals surface area (Å²) in [7, 11) is -3.33. The van der Waals surface area contributed by atoms with Gasteiger partial charge in [-0.15, -0.1) is 0 Å². The van der Waals surface area contributed by atoms with Crippen LogP contribution in [-0.2, 0) is 10.0 Å². The van der Waals surface area contributed by atoms with Crippen LogP contribution in [-0.4, -0.2) is 20.2 Å². The molecular formula is C21H38N2O2S. The SMILES string of the molecule is CCCCCCCCCCC(N)CC(C)CS(=O)(=O)Nc1ccccc1. The van der Waals surface area contributed by atoms with Gasteiger partial charge in [-0.1, -0.05) is 83.4 Å². The van der Waals surface area contributed by atoms with E-state index in [0.29, 0.717) is 5.69 Å². The fourth-order valence-electron chi connectivity index (χ4n) is 3.35. The summed E-state index contributed by atoms with van der Waals surface area (Å²) in [5.41, 5.74) is 6.83. The van der Waals surface area contributed by atoms with Crippen LogP contribution in [0, 0.1) is 5.92 Å². The molecule has 1 aromatic rings. The summed E-state index contributed by atoms with van der Waals surface area (Å²) in [6.07, 6.45) is 12.1. The van der Waals surface area contributed by atoms with Gasteiger partial charge in [0.2, 0.25) is 10.0 Å². The quantitative estimate of drug-likeness (QED) is 0.404. The summed E-state index contributed by atoms with van der Waals surface area (Å²) >= 11 is 0. The van der Waals surface area contributed by atoms with Crippen molar-refractivity contribution in [1.82, 2.24) is 0 Å². The Morgan fingerprint density at radius 3 is 2.15 bits per heavy atom. The third kappa shape index (κ3) is 11.5. The molecule has 0 aromatic heterocycles. The smallest absolute Gasteiger partial charge is 0.232 e. The van der Waals surface area contributed by atoms with Gasteiger partial charge in [0.05, 0.1) is 5.75 Å². The fraction of sp³-hybridized carbons (Fsp3) is 0.714. The summed E-state index contributed by atoms with van der Waals surface area (Å²) in [6, 6.07) is 9.12. The van der Waals surface area contributed by atoms with E-state index in [4.69, 9.17) is 5.73 Å². The Hall–Kier alpha value is -1.07. The van der Waals surface area contributed by atoms with Crippen molar-refractivity contribution in [3.63, 3.8) is 0 Å². The number of nitrogens with two attached hydrogens (primary N) is 1. The van der Waals surface area contributed by atoms with Crippen molar-refractivity contribution < 1.29 is 8.42 Å². The van der Waals surface area contributed by atoms with Gasteiger partial charge in [-0.3, -0.25) is 4.72 Å². The Morgan fingerprint density at radius 1 is 0.962 bits per heavy atom. The summed E-state index contributed by atoms with van der Waals surface area (Å²) in [5, 5.41) is 0. The molecule has 1 aromatic carbocycles. The standard InChI is InChI=1S/C21H38N2O2S/c1-3-4-5-6-7-8-9-11-14-20(22)17-19(2)18-26(24,25)23-21-15-12-10-13-16-21/h10,12-13,15-16,19-20,23H,3-9,11,14,17-18,22H2,1-2H3. The zero-order valence-corrected chi connectivity index (χ0v) is 17.4. The molecule has 5 heteroatoms. The van der Waals surface area contributed by atoms with Crippen molar-refractivity contribution in [1.29, 1.82) is 0 Å². The van der Waals surface area contributed by atoms with Crippen LogP contribution in [0.5, 0.6) is 0 Å². The van der Waals surface area contributed by atoms with E-state index in [0.717, 1.165) is 19.3 Å². The molecule has 2 atom stereocenters. The van der Waals surface area contributed by atoms with E-state index in [1.54, 1.807) is 12.1 Å². The maximum Gasteiger partial charge on any atom is 0.232 e. The molecule has 0 aliphatic rings. The molecule has 0 heterocycles. The molecule has 150 valence electrons. The molecule has 2 unspecified atom stereocenters. The van der Waals surface area contributed by atoms with Crippen molar-refractivity contribution in [3.8, 4) is 0 Å². The highest BCUT2D eigenvalue weighted by molar-refractivity contribution is 7.92. The number of nitrogens with one attached hydrogen (secondary N) is 1. The van der Waals surface area contributed by atoms with Gasteiger partial charge in [0.1, 0.15) is 0 Å². The fourth-order valence-corrected chi connectivity index (χ4v) is 4.81. The van der Waals surface area contributed by atoms with Crippen LogP contribution in [0.3, 0.4) is 0 Å². The van der Waals surface area contributed by atoms with E-state index in [1.807, 2.05) is 25.1 Å². The van der Waals surface area contributed by atoms with Crippen LogP contribution in [0.15, 0.2) is 30.3 Å². The van der Waals surface area contributed by atoms with E-state index in [1.165, 1.54) is 44.9 Å². The third-order valence-electron chi connectivity index (χ3n) is 4.68. The largest absolute Gasteiger partial charge is 0.328 e.